The van der Waals surface area contributed by atoms with E-state index >= 15 is 0 Å². The summed E-state index contributed by atoms with van der Waals surface area (Å²) in [6.45, 7) is 3.56. The van der Waals surface area contributed by atoms with Gasteiger partial charge < -0.3 is 14.4 Å². The molecule has 1 aliphatic rings. The molecule has 0 unspecified atom stereocenters. The number of rotatable bonds is 9. The number of ether oxygens (including phenoxy) is 2. The zero-order valence-electron chi connectivity index (χ0n) is 15.0. The number of hydrogen-bond donors (Lipinski definition) is 0. The first-order valence-electron chi connectivity index (χ1n) is 8.31. The normalized spacial score (nSPS) is 15.4. The Labute approximate surface area is 149 Å². The summed E-state index contributed by atoms with van der Waals surface area (Å²) in [5.74, 6) is 0.0804. The summed E-state index contributed by atoms with van der Waals surface area (Å²) in [7, 11) is -0.588. The second-order valence-corrected chi connectivity index (χ2v) is 7.89. The maximum absolute atomic E-state index is 13.0. The minimum absolute atomic E-state index is 0.0804. The Morgan fingerprint density at radius 2 is 1.80 bits per heavy atom. The Balaban J connectivity index is 2.29. The van der Waals surface area contributed by atoms with Gasteiger partial charge in [-0.15, -0.1) is 0 Å². The predicted octanol–water partition coefficient (Wildman–Crippen LogP) is 1.41. The number of carbonyl (C=O) groups excluding carboxylic acids is 1. The highest BCUT2D eigenvalue weighted by molar-refractivity contribution is 7.89. The lowest BCUT2D eigenvalue weighted by molar-refractivity contribution is -0.117. The fraction of sp³-hybridized carbons (Fsp3) is 0.588. The van der Waals surface area contributed by atoms with E-state index in [0.717, 1.165) is 12.1 Å². The van der Waals surface area contributed by atoms with Crippen LogP contribution in [0.25, 0.3) is 0 Å². The lowest BCUT2D eigenvalue weighted by Gasteiger charge is -2.23. The molecule has 1 saturated heterocycles. The van der Waals surface area contributed by atoms with Crippen LogP contribution in [0, 0.1) is 6.92 Å². The molecule has 8 heteroatoms. The molecular weight excluding hydrogens is 344 g/mol. The molecule has 0 spiro atoms. The second-order valence-electron chi connectivity index (χ2n) is 5.99. The summed E-state index contributed by atoms with van der Waals surface area (Å²) in [5.41, 5.74) is 1.37. The Morgan fingerprint density at radius 1 is 1.16 bits per heavy atom. The summed E-state index contributed by atoms with van der Waals surface area (Å²) in [6, 6.07) is 5.05. The molecule has 7 nitrogen and oxygen atoms in total. The average Bonchev–Trinajstić information content (AvgIpc) is 3.00. The fourth-order valence-electron chi connectivity index (χ4n) is 2.89. The van der Waals surface area contributed by atoms with Gasteiger partial charge in [-0.2, -0.15) is 4.31 Å². The summed E-state index contributed by atoms with van der Waals surface area (Å²) < 4.78 is 37.4. The molecule has 0 aliphatic carbocycles. The van der Waals surface area contributed by atoms with Gasteiger partial charge in [-0.25, -0.2) is 8.42 Å². The van der Waals surface area contributed by atoms with Crippen LogP contribution < -0.4 is 4.90 Å². The van der Waals surface area contributed by atoms with Crippen LogP contribution in [-0.4, -0.2) is 65.7 Å². The van der Waals surface area contributed by atoms with Crippen molar-refractivity contribution in [2.24, 2.45) is 0 Å². The minimum Gasteiger partial charge on any atom is -0.383 e. The molecule has 1 aromatic carbocycles. The first-order valence-corrected chi connectivity index (χ1v) is 9.75. The van der Waals surface area contributed by atoms with Crippen molar-refractivity contribution in [2.45, 2.75) is 24.7 Å². The summed E-state index contributed by atoms with van der Waals surface area (Å²) in [6.07, 6.45) is 1.38. The van der Waals surface area contributed by atoms with Gasteiger partial charge in [0, 0.05) is 46.0 Å². The zero-order valence-corrected chi connectivity index (χ0v) is 15.8. The fourth-order valence-corrected chi connectivity index (χ4v) is 4.50. The van der Waals surface area contributed by atoms with E-state index in [9.17, 15) is 13.2 Å². The van der Waals surface area contributed by atoms with E-state index in [1.165, 1.54) is 18.5 Å². The van der Waals surface area contributed by atoms with Crippen molar-refractivity contribution >= 4 is 21.6 Å². The largest absolute Gasteiger partial charge is 0.383 e. The molecule has 1 aromatic rings. The molecule has 0 saturated carbocycles. The van der Waals surface area contributed by atoms with Crippen molar-refractivity contribution in [3.05, 3.63) is 23.8 Å². The molecule has 2 rings (SSSR count). The summed E-state index contributed by atoms with van der Waals surface area (Å²) in [4.78, 5) is 13.8. The van der Waals surface area contributed by atoms with Crippen LogP contribution in [0.15, 0.2) is 23.1 Å². The third kappa shape index (κ3) is 4.58. The Hall–Kier alpha value is -1.48. The van der Waals surface area contributed by atoms with Gasteiger partial charge in [0.05, 0.1) is 18.1 Å². The molecule has 0 N–H and O–H groups in total. The molecule has 0 atom stereocenters. The Bertz CT molecular complexity index is 697. The van der Waals surface area contributed by atoms with Crippen LogP contribution in [0.4, 0.5) is 5.69 Å². The van der Waals surface area contributed by atoms with Crippen molar-refractivity contribution in [1.82, 2.24) is 4.31 Å². The van der Waals surface area contributed by atoms with Gasteiger partial charge in [-0.1, -0.05) is 0 Å². The van der Waals surface area contributed by atoms with Gasteiger partial charge in [0.2, 0.25) is 15.9 Å². The van der Waals surface area contributed by atoms with Gasteiger partial charge >= 0.3 is 0 Å². The lowest BCUT2D eigenvalue weighted by atomic mass is 10.2. The van der Waals surface area contributed by atoms with Gasteiger partial charge in [-0.05, 0) is 37.1 Å². The first kappa shape index (κ1) is 19.8. The SMILES string of the molecule is COCCN(CCOC)S(=O)(=O)c1ccc(N2CCCC2=O)cc1C. The van der Waals surface area contributed by atoms with Crippen LogP contribution in [0.2, 0.25) is 0 Å². The smallest absolute Gasteiger partial charge is 0.243 e. The number of nitrogens with zero attached hydrogens (tertiary/aromatic N) is 2. The maximum Gasteiger partial charge on any atom is 0.243 e. The molecular formula is C17H26N2O5S. The number of amides is 1. The van der Waals surface area contributed by atoms with E-state index in [2.05, 4.69) is 0 Å². The van der Waals surface area contributed by atoms with Crippen LogP contribution in [0.3, 0.4) is 0 Å². The highest BCUT2D eigenvalue weighted by Gasteiger charge is 2.27. The highest BCUT2D eigenvalue weighted by Crippen LogP contribution is 2.27. The number of methoxy groups -OCH3 is 2. The van der Waals surface area contributed by atoms with Crippen LogP contribution in [0.5, 0.6) is 0 Å². The zero-order chi connectivity index (χ0) is 18.4. The number of aryl methyl sites for hydroxylation is 1. The molecule has 1 fully saturated rings. The summed E-state index contributed by atoms with van der Waals surface area (Å²) >= 11 is 0. The second kappa shape index (κ2) is 8.75. The van der Waals surface area contributed by atoms with Crippen molar-refractivity contribution in [2.75, 3.05) is 52.0 Å². The Kier molecular flexibility index (Phi) is 6.95. The van der Waals surface area contributed by atoms with E-state index in [1.807, 2.05) is 0 Å². The first-order chi connectivity index (χ1) is 11.9. The molecule has 0 radical (unpaired) electrons. The van der Waals surface area contributed by atoms with Gasteiger partial charge in [0.25, 0.3) is 0 Å². The molecule has 140 valence electrons. The highest BCUT2D eigenvalue weighted by atomic mass is 32.2. The monoisotopic (exact) mass is 370 g/mol. The lowest BCUT2D eigenvalue weighted by Crippen LogP contribution is -2.36. The third-order valence-corrected chi connectivity index (χ3v) is 6.31. The van der Waals surface area contributed by atoms with Crippen LogP contribution >= 0.6 is 0 Å². The van der Waals surface area contributed by atoms with E-state index in [0.29, 0.717) is 31.7 Å². The van der Waals surface area contributed by atoms with Crippen molar-refractivity contribution < 1.29 is 22.7 Å². The number of carbonyl (C=O) groups is 1. The van der Waals surface area contributed by atoms with Crippen LogP contribution in [-0.2, 0) is 24.3 Å². The third-order valence-electron chi connectivity index (χ3n) is 4.25. The van der Waals surface area contributed by atoms with Gasteiger partial charge in [0.15, 0.2) is 0 Å². The van der Waals surface area contributed by atoms with Crippen molar-refractivity contribution in [1.29, 1.82) is 0 Å². The average molecular weight is 370 g/mol. The maximum atomic E-state index is 13.0. The standard InChI is InChI=1S/C17H26N2O5S/c1-14-13-15(19-8-4-5-17(19)20)6-7-16(14)25(21,22)18(9-11-23-2)10-12-24-3/h6-7,13H,4-5,8-12H2,1-3H3. The number of benzene rings is 1. The number of hydrogen-bond acceptors (Lipinski definition) is 5. The quantitative estimate of drug-likeness (QED) is 0.657. The molecule has 1 amide bonds. The molecule has 25 heavy (non-hydrogen) atoms. The molecule has 0 aromatic heterocycles. The molecule has 1 aliphatic heterocycles. The van der Waals surface area contributed by atoms with Crippen molar-refractivity contribution in [3.63, 3.8) is 0 Å². The topological polar surface area (TPSA) is 76.2 Å². The predicted molar refractivity (Wildman–Crippen MR) is 95.3 cm³/mol. The Morgan fingerprint density at radius 3 is 2.28 bits per heavy atom. The van der Waals surface area contributed by atoms with E-state index < -0.39 is 10.0 Å². The van der Waals surface area contributed by atoms with Crippen molar-refractivity contribution in [3.8, 4) is 0 Å². The number of sulfonamides is 1. The van der Waals surface area contributed by atoms with E-state index in [1.54, 1.807) is 30.0 Å². The van der Waals surface area contributed by atoms with Gasteiger partial charge in [0.1, 0.15) is 0 Å². The number of anilines is 1. The van der Waals surface area contributed by atoms with E-state index in [-0.39, 0.29) is 23.9 Å². The summed E-state index contributed by atoms with van der Waals surface area (Å²) in [5, 5.41) is 0. The van der Waals surface area contributed by atoms with E-state index in [4.69, 9.17) is 9.47 Å². The van der Waals surface area contributed by atoms with Gasteiger partial charge in [-0.3, -0.25) is 4.79 Å². The molecule has 1 heterocycles. The van der Waals surface area contributed by atoms with Crippen LogP contribution in [0.1, 0.15) is 18.4 Å². The minimum atomic E-state index is -3.66. The molecule has 0 bridgehead atoms.